The van der Waals surface area contributed by atoms with Crippen LogP contribution >= 0.6 is 12.4 Å². The van der Waals surface area contributed by atoms with Crippen molar-refractivity contribution in [2.75, 3.05) is 5.73 Å². The quantitative estimate of drug-likeness (QED) is 0.646. The molecule has 0 fully saturated rings. The van der Waals surface area contributed by atoms with Crippen molar-refractivity contribution in [2.45, 2.75) is 6.18 Å². The van der Waals surface area contributed by atoms with E-state index in [1.165, 1.54) is 0 Å². The maximum absolute atomic E-state index is 11.7. The number of nitrogens with zero attached hydrogens (tertiary/aromatic N) is 1. The molecule has 1 aromatic heterocycles. The van der Waals surface area contributed by atoms with Gasteiger partial charge in [0.1, 0.15) is 5.69 Å². The van der Waals surface area contributed by atoms with Crippen molar-refractivity contribution in [3.05, 3.63) is 11.9 Å². The molecular weight excluding hydrogens is 183 g/mol. The maximum atomic E-state index is 11.7. The van der Waals surface area contributed by atoms with Crippen molar-refractivity contribution in [1.29, 1.82) is 0 Å². The van der Waals surface area contributed by atoms with E-state index in [9.17, 15) is 13.2 Å². The molecule has 0 spiro atoms. The van der Waals surface area contributed by atoms with Gasteiger partial charge in [0.05, 0.1) is 6.20 Å². The minimum Gasteiger partial charge on any atom is -0.369 e. The molecule has 0 atom stereocenters. The second kappa shape index (κ2) is 3.00. The number of aromatic amines is 1. The van der Waals surface area contributed by atoms with Gasteiger partial charge in [0.15, 0.2) is 5.95 Å². The van der Waals surface area contributed by atoms with E-state index in [2.05, 4.69) is 4.98 Å². The number of alkyl halides is 3. The standard InChI is InChI=1S/C4H4F3N3.ClH/c5-4(6,7)2-1-9-3(8)10-2;/h1H,(H3,8,9,10);1H. The number of rotatable bonds is 0. The van der Waals surface area contributed by atoms with Gasteiger partial charge in [0.25, 0.3) is 0 Å². The molecule has 3 nitrogen and oxygen atoms in total. The zero-order valence-corrected chi connectivity index (χ0v) is 5.96. The molecule has 1 rings (SSSR count). The predicted molar refractivity (Wildman–Crippen MR) is 35.3 cm³/mol. The molecule has 0 amide bonds. The van der Waals surface area contributed by atoms with Gasteiger partial charge >= 0.3 is 6.18 Å². The molecule has 3 N–H and O–H groups in total. The van der Waals surface area contributed by atoms with Gasteiger partial charge < -0.3 is 10.7 Å². The number of anilines is 1. The Bertz CT molecular complexity index is 231. The number of nitrogens with one attached hydrogen (secondary N) is 1. The van der Waals surface area contributed by atoms with Gasteiger partial charge in [-0.1, -0.05) is 0 Å². The van der Waals surface area contributed by atoms with Gasteiger partial charge in [-0.15, -0.1) is 12.4 Å². The molecule has 0 saturated carbocycles. The van der Waals surface area contributed by atoms with E-state index >= 15 is 0 Å². The molecule has 0 saturated heterocycles. The monoisotopic (exact) mass is 187 g/mol. The number of H-pyrrole nitrogens is 1. The Balaban J connectivity index is 0.000001000. The summed E-state index contributed by atoms with van der Waals surface area (Å²) in [7, 11) is 0. The van der Waals surface area contributed by atoms with Crippen LogP contribution in [0, 0.1) is 0 Å². The third-order valence-corrected chi connectivity index (χ3v) is 0.901. The number of imidazole rings is 1. The Morgan fingerprint density at radius 2 is 2.00 bits per heavy atom. The van der Waals surface area contributed by atoms with Crippen LogP contribution in [-0.4, -0.2) is 9.97 Å². The SMILES string of the molecule is Cl.Nc1ncc(C(F)(F)F)[nH]1. The van der Waals surface area contributed by atoms with E-state index in [1.54, 1.807) is 0 Å². The number of aromatic nitrogens is 2. The largest absolute Gasteiger partial charge is 0.432 e. The lowest BCUT2D eigenvalue weighted by Crippen LogP contribution is -2.05. The fourth-order valence-corrected chi connectivity index (χ4v) is 0.481. The minimum absolute atomic E-state index is 0. The summed E-state index contributed by atoms with van der Waals surface area (Å²) in [5, 5.41) is 0. The average Bonchev–Trinajstić information content (AvgIpc) is 2.11. The topological polar surface area (TPSA) is 54.7 Å². The van der Waals surface area contributed by atoms with Crippen molar-refractivity contribution >= 4 is 18.4 Å². The lowest BCUT2D eigenvalue weighted by Gasteiger charge is -1.99. The third-order valence-electron chi connectivity index (χ3n) is 0.901. The lowest BCUT2D eigenvalue weighted by molar-refractivity contribution is -0.140. The second-order valence-corrected chi connectivity index (χ2v) is 1.68. The highest BCUT2D eigenvalue weighted by Gasteiger charge is 2.32. The van der Waals surface area contributed by atoms with E-state index in [0.717, 1.165) is 0 Å². The van der Waals surface area contributed by atoms with E-state index in [4.69, 9.17) is 5.73 Å². The van der Waals surface area contributed by atoms with E-state index in [0.29, 0.717) is 6.20 Å². The second-order valence-electron chi connectivity index (χ2n) is 1.68. The molecule has 0 radical (unpaired) electrons. The van der Waals surface area contributed by atoms with Crippen LogP contribution in [0.1, 0.15) is 5.69 Å². The number of halogens is 4. The van der Waals surface area contributed by atoms with E-state index in [1.807, 2.05) is 4.98 Å². The predicted octanol–water partition coefficient (Wildman–Crippen LogP) is 1.43. The Kier molecular flexibility index (Phi) is 2.75. The Morgan fingerprint density at radius 3 is 2.18 bits per heavy atom. The summed E-state index contributed by atoms with van der Waals surface area (Å²) in [5.74, 6) is -0.229. The van der Waals surface area contributed by atoms with Gasteiger partial charge in [0.2, 0.25) is 0 Å². The van der Waals surface area contributed by atoms with Gasteiger partial charge in [-0.3, -0.25) is 0 Å². The highest BCUT2D eigenvalue weighted by molar-refractivity contribution is 5.85. The van der Waals surface area contributed by atoms with Crippen LogP contribution in [0.2, 0.25) is 0 Å². The molecule has 0 aliphatic heterocycles. The highest BCUT2D eigenvalue weighted by Crippen LogP contribution is 2.27. The number of nitrogens with two attached hydrogens (primary N) is 1. The first kappa shape index (κ1) is 10.1. The molecule has 11 heavy (non-hydrogen) atoms. The molecule has 0 aliphatic rings. The molecule has 64 valence electrons. The van der Waals surface area contributed by atoms with Crippen LogP contribution in [-0.2, 0) is 6.18 Å². The van der Waals surface area contributed by atoms with Crippen molar-refractivity contribution in [2.24, 2.45) is 0 Å². The summed E-state index contributed by atoms with van der Waals surface area (Å²) in [6.07, 6.45) is -3.74. The van der Waals surface area contributed by atoms with E-state index < -0.39 is 11.9 Å². The Labute approximate surface area is 66.2 Å². The van der Waals surface area contributed by atoms with Gasteiger partial charge in [-0.25, -0.2) is 4.98 Å². The van der Waals surface area contributed by atoms with Gasteiger partial charge in [0, 0.05) is 0 Å². The van der Waals surface area contributed by atoms with Crippen LogP contribution < -0.4 is 5.73 Å². The fourth-order valence-electron chi connectivity index (χ4n) is 0.481. The average molecular weight is 188 g/mol. The number of hydrogen-bond acceptors (Lipinski definition) is 2. The first-order valence-electron chi connectivity index (χ1n) is 2.38. The third kappa shape index (κ3) is 2.30. The van der Waals surface area contributed by atoms with Crippen LogP contribution in [0.15, 0.2) is 6.20 Å². The lowest BCUT2D eigenvalue weighted by atomic mass is 10.5. The summed E-state index contributed by atoms with van der Waals surface area (Å²) in [6.45, 7) is 0. The van der Waals surface area contributed by atoms with Crippen LogP contribution in [0.5, 0.6) is 0 Å². The summed E-state index contributed by atoms with van der Waals surface area (Å²) in [4.78, 5) is 5.04. The Hall–Kier alpha value is -0.910. The first-order valence-corrected chi connectivity index (χ1v) is 2.38. The zero-order valence-electron chi connectivity index (χ0n) is 5.14. The summed E-state index contributed by atoms with van der Waals surface area (Å²) >= 11 is 0. The van der Waals surface area contributed by atoms with Crippen molar-refractivity contribution in [3.8, 4) is 0 Å². The molecule has 0 aliphatic carbocycles. The molecule has 1 heterocycles. The van der Waals surface area contributed by atoms with Crippen molar-refractivity contribution < 1.29 is 13.2 Å². The minimum atomic E-state index is -4.38. The highest BCUT2D eigenvalue weighted by atomic mass is 35.5. The maximum Gasteiger partial charge on any atom is 0.432 e. The molecule has 1 aromatic rings. The van der Waals surface area contributed by atoms with Crippen LogP contribution in [0.3, 0.4) is 0 Å². The molecule has 0 unspecified atom stereocenters. The molecular formula is C4H5ClF3N3. The van der Waals surface area contributed by atoms with Crippen molar-refractivity contribution in [3.63, 3.8) is 0 Å². The van der Waals surface area contributed by atoms with E-state index in [-0.39, 0.29) is 18.4 Å². The smallest absolute Gasteiger partial charge is 0.369 e. The summed E-state index contributed by atoms with van der Waals surface area (Å²) in [5.41, 5.74) is 3.98. The molecule has 0 bridgehead atoms. The molecule has 7 heteroatoms. The summed E-state index contributed by atoms with van der Waals surface area (Å²) < 4.78 is 35.0. The first-order chi connectivity index (χ1) is 4.50. The Morgan fingerprint density at radius 1 is 1.45 bits per heavy atom. The van der Waals surface area contributed by atoms with Crippen LogP contribution in [0.25, 0.3) is 0 Å². The normalized spacial score (nSPS) is 10.8. The fraction of sp³-hybridized carbons (Fsp3) is 0.250. The number of nitrogen functional groups attached to an aromatic ring is 1. The van der Waals surface area contributed by atoms with Crippen LogP contribution in [0.4, 0.5) is 19.1 Å². The number of hydrogen-bond donors (Lipinski definition) is 2. The summed E-state index contributed by atoms with van der Waals surface area (Å²) in [6, 6.07) is 0. The zero-order chi connectivity index (χ0) is 7.78. The molecule has 0 aromatic carbocycles. The van der Waals surface area contributed by atoms with Crippen molar-refractivity contribution in [1.82, 2.24) is 9.97 Å². The van der Waals surface area contributed by atoms with Gasteiger partial charge in [-0.2, -0.15) is 13.2 Å². The van der Waals surface area contributed by atoms with Gasteiger partial charge in [-0.05, 0) is 0 Å².